The Balaban J connectivity index is 0.000000331. The molecule has 2 aliphatic rings. The maximum atomic E-state index is 13.8. The second-order valence-corrected chi connectivity index (χ2v) is 11.4. The van der Waals surface area contributed by atoms with Crippen LogP contribution in [0.1, 0.15) is 42.5 Å². The number of aliphatic carboxylic acids is 3. The zero-order valence-corrected chi connectivity index (χ0v) is 24.5. The number of carboxylic acid groups (broad SMARTS) is 3. The predicted molar refractivity (Wildman–Crippen MR) is 150 cm³/mol. The summed E-state index contributed by atoms with van der Waals surface area (Å²) in [5, 5.41) is 45.0. The van der Waals surface area contributed by atoms with Crippen LogP contribution in [0.25, 0.3) is 0 Å². The molecular weight excluding hydrogens is 589 g/mol. The molecule has 1 atom stereocenters. The molecule has 1 amide bonds. The first-order valence-corrected chi connectivity index (χ1v) is 14.5. The number of aliphatic hydroxyl groups excluding tert-OH is 1. The minimum absolute atomic E-state index is 0.0295. The summed E-state index contributed by atoms with van der Waals surface area (Å²) >= 11 is 1.53. The highest BCUT2D eigenvalue weighted by molar-refractivity contribution is 7.07. The van der Waals surface area contributed by atoms with Crippen molar-refractivity contribution in [1.29, 1.82) is 0 Å². The highest BCUT2D eigenvalue weighted by Gasteiger charge is 2.43. The second-order valence-electron chi connectivity index (χ2n) is 10.7. The van der Waals surface area contributed by atoms with Crippen LogP contribution >= 0.6 is 11.3 Å². The Hall–Kier alpha value is -3.50. The third kappa shape index (κ3) is 9.00. The van der Waals surface area contributed by atoms with Gasteiger partial charge in [0.15, 0.2) is 5.60 Å². The lowest BCUT2D eigenvalue weighted by Gasteiger charge is -2.40. The van der Waals surface area contributed by atoms with E-state index in [0.29, 0.717) is 26.1 Å². The topological polar surface area (TPSA) is 198 Å². The molecule has 5 N–H and O–H groups in total. The average molecular weight is 626 g/mol. The van der Waals surface area contributed by atoms with Crippen LogP contribution in [0.3, 0.4) is 0 Å². The number of hydrogen-bond acceptors (Lipinski definition) is 10. The van der Waals surface area contributed by atoms with Crippen molar-refractivity contribution in [3.8, 4) is 0 Å². The number of thiazole rings is 1. The van der Waals surface area contributed by atoms with Gasteiger partial charge in [-0.05, 0) is 36.1 Å². The van der Waals surface area contributed by atoms with Gasteiger partial charge >= 0.3 is 17.9 Å². The van der Waals surface area contributed by atoms with Gasteiger partial charge in [-0.15, -0.1) is 11.3 Å². The summed E-state index contributed by atoms with van der Waals surface area (Å²) in [6, 6.07) is 4.94. The summed E-state index contributed by atoms with van der Waals surface area (Å²) in [4.78, 5) is 51.7. The number of piperidine rings is 1. The van der Waals surface area contributed by atoms with Gasteiger partial charge in [0, 0.05) is 45.0 Å². The quantitative estimate of drug-likeness (QED) is 0.226. The third-order valence-electron chi connectivity index (χ3n) is 7.59. The van der Waals surface area contributed by atoms with E-state index < -0.39 is 42.0 Å². The first-order valence-electron chi connectivity index (χ1n) is 13.6. The number of nitrogens with zero attached hydrogens (tertiary/aromatic N) is 3. The number of likely N-dealkylation sites (N-methyl/N-ethyl adjacent to an activating group) is 1. The molecule has 43 heavy (non-hydrogen) atoms. The van der Waals surface area contributed by atoms with Gasteiger partial charge in [0.2, 0.25) is 5.91 Å². The van der Waals surface area contributed by atoms with E-state index in [0.717, 1.165) is 42.8 Å². The molecule has 1 aromatic heterocycles. The highest BCUT2D eigenvalue weighted by Crippen LogP contribution is 2.44. The third-order valence-corrected chi connectivity index (χ3v) is 8.23. The number of rotatable bonds is 12. The van der Waals surface area contributed by atoms with Crippen molar-refractivity contribution in [2.24, 2.45) is 5.92 Å². The number of carboxylic acids is 3. The number of benzene rings is 1. The lowest BCUT2D eigenvalue weighted by atomic mass is 9.83. The summed E-state index contributed by atoms with van der Waals surface area (Å²) in [6.07, 6.45) is -0.130. The molecule has 0 bridgehead atoms. The van der Waals surface area contributed by atoms with E-state index in [1.54, 1.807) is 23.5 Å². The van der Waals surface area contributed by atoms with E-state index in [9.17, 15) is 28.7 Å². The molecule has 15 heteroatoms. The van der Waals surface area contributed by atoms with Gasteiger partial charge in [-0.1, -0.05) is 6.07 Å². The average Bonchev–Trinajstić information content (AvgIpc) is 3.57. The number of hydrogen-bond donors (Lipinski definition) is 5. The van der Waals surface area contributed by atoms with Crippen LogP contribution in [0.5, 0.6) is 0 Å². The maximum Gasteiger partial charge on any atom is 0.336 e. The summed E-state index contributed by atoms with van der Waals surface area (Å²) < 4.78 is 20.0. The van der Waals surface area contributed by atoms with Crippen molar-refractivity contribution in [1.82, 2.24) is 14.8 Å². The Morgan fingerprint density at radius 1 is 1.16 bits per heavy atom. The first-order chi connectivity index (χ1) is 20.3. The van der Waals surface area contributed by atoms with Crippen LogP contribution in [0.15, 0.2) is 29.1 Å². The van der Waals surface area contributed by atoms with Crippen LogP contribution in [0.4, 0.5) is 4.39 Å². The minimum Gasteiger partial charge on any atom is -0.481 e. The number of fused-ring (bicyclic) bond motifs is 2. The molecule has 1 saturated heterocycles. The molecule has 0 aliphatic carbocycles. The van der Waals surface area contributed by atoms with Crippen molar-refractivity contribution in [3.63, 3.8) is 0 Å². The van der Waals surface area contributed by atoms with Crippen LogP contribution in [-0.4, -0.2) is 110 Å². The van der Waals surface area contributed by atoms with Crippen molar-refractivity contribution in [2.45, 2.75) is 49.9 Å². The monoisotopic (exact) mass is 625 g/mol. The molecule has 1 fully saturated rings. The summed E-state index contributed by atoms with van der Waals surface area (Å²) in [7, 11) is 1.73. The number of ether oxygens (including phenoxy) is 1. The zero-order valence-electron chi connectivity index (χ0n) is 23.6. The molecule has 13 nitrogen and oxygen atoms in total. The van der Waals surface area contributed by atoms with Crippen molar-refractivity contribution in [2.75, 3.05) is 39.8 Å². The van der Waals surface area contributed by atoms with E-state index in [1.807, 2.05) is 11.4 Å². The lowest BCUT2D eigenvalue weighted by molar-refractivity contribution is -0.170. The molecular formula is C28H36FN3O10S. The van der Waals surface area contributed by atoms with Crippen LogP contribution < -0.4 is 0 Å². The normalized spacial score (nSPS) is 16.6. The second kappa shape index (κ2) is 14.8. The van der Waals surface area contributed by atoms with Crippen molar-refractivity contribution in [3.05, 3.63) is 51.7 Å². The summed E-state index contributed by atoms with van der Waals surface area (Å²) in [5.41, 5.74) is 1.63. The Kier molecular flexibility index (Phi) is 11.7. The van der Waals surface area contributed by atoms with Crippen LogP contribution in [-0.2, 0) is 42.5 Å². The standard InChI is InChI=1S/C22H28FN3O3S.C6H8O7/c1-25(8-9-27)21(28)17(10-19-14-30-15-24-19)12-26-6-4-22(5-7-26)20-11-18(23)3-2-16(20)13-29-22;7-3(8)1-6(13,5(11)12)2-4(9)10/h2-3,11,14-15,17,27H,4-10,12-13H2,1H3;13H,1-2H2,(H,7,8)(H,9,10)(H,11,12). The number of halogens is 1. The Morgan fingerprint density at radius 3 is 2.35 bits per heavy atom. The van der Waals surface area contributed by atoms with Gasteiger partial charge in [0.1, 0.15) is 5.82 Å². The van der Waals surface area contributed by atoms with Gasteiger partial charge in [-0.2, -0.15) is 0 Å². The SMILES string of the molecule is CN(CCO)C(=O)C(Cc1cscn1)CN1CCC2(CC1)OCc1ccc(F)cc12.O=C(O)CC(O)(CC(=O)O)C(=O)O. The van der Waals surface area contributed by atoms with Crippen LogP contribution in [0.2, 0.25) is 0 Å². The highest BCUT2D eigenvalue weighted by atomic mass is 32.1. The maximum absolute atomic E-state index is 13.8. The van der Waals surface area contributed by atoms with Gasteiger partial charge in [-0.25, -0.2) is 14.2 Å². The van der Waals surface area contributed by atoms with Crippen molar-refractivity contribution < 1.29 is 53.8 Å². The number of aliphatic hydroxyl groups is 2. The molecule has 0 saturated carbocycles. The lowest BCUT2D eigenvalue weighted by Crippen LogP contribution is -2.47. The fourth-order valence-electron chi connectivity index (χ4n) is 5.32. The van der Waals surface area contributed by atoms with Gasteiger partial charge in [0.25, 0.3) is 0 Å². The molecule has 1 spiro atoms. The number of amides is 1. The van der Waals surface area contributed by atoms with Gasteiger partial charge in [0.05, 0.1) is 48.8 Å². The summed E-state index contributed by atoms with van der Waals surface area (Å²) in [5.74, 6) is -5.43. The molecule has 3 heterocycles. The summed E-state index contributed by atoms with van der Waals surface area (Å²) in [6.45, 7) is 3.03. The van der Waals surface area contributed by atoms with E-state index in [4.69, 9.17) is 25.2 Å². The molecule has 2 aliphatic heterocycles. The van der Waals surface area contributed by atoms with E-state index in [-0.39, 0.29) is 24.2 Å². The Bertz CT molecular complexity index is 1270. The predicted octanol–water partition coefficient (Wildman–Crippen LogP) is 1.16. The molecule has 4 rings (SSSR count). The van der Waals surface area contributed by atoms with Gasteiger partial charge in [-0.3, -0.25) is 14.4 Å². The number of aromatic nitrogens is 1. The van der Waals surface area contributed by atoms with Crippen molar-refractivity contribution >= 4 is 35.2 Å². The van der Waals surface area contributed by atoms with E-state index in [1.165, 1.54) is 17.4 Å². The first kappa shape index (κ1) is 34.0. The largest absolute Gasteiger partial charge is 0.481 e. The zero-order chi connectivity index (χ0) is 31.8. The minimum atomic E-state index is -2.74. The molecule has 1 aromatic carbocycles. The van der Waals surface area contributed by atoms with E-state index >= 15 is 0 Å². The van der Waals surface area contributed by atoms with Crippen LogP contribution in [0, 0.1) is 11.7 Å². The number of likely N-dealkylation sites (tertiary alicyclic amines) is 1. The molecule has 0 radical (unpaired) electrons. The van der Waals surface area contributed by atoms with Gasteiger partial charge < -0.3 is 40.1 Å². The fraction of sp³-hybridized carbons (Fsp3) is 0.536. The smallest absolute Gasteiger partial charge is 0.336 e. The Labute approximate surface area is 251 Å². The molecule has 236 valence electrons. The Morgan fingerprint density at radius 2 is 1.81 bits per heavy atom. The molecule has 2 aromatic rings. The number of carbonyl (C=O) groups excluding carboxylic acids is 1. The fourth-order valence-corrected chi connectivity index (χ4v) is 5.89. The van der Waals surface area contributed by atoms with E-state index in [2.05, 4.69) is 9.88 Å². The molecule has 1 unspecified atom stereocenters. The number of carbonyl (C=O) groups is 4.